The van der Waals surface area contributed by atoms with Crippen molar-refractivity contribution in [3.63, 3.8) is 0 Å². The number of nitrogens with two attached hydrogens (primary N) is 3. The van der Waals surface area contributed by atoms with Crippen LogP contribution in [0.15, 0.2) is 17.1 Å². The molecule has 0 radical (unpaired) electrons. The summed E-state index contributed by atoms with van der Waals surface area (Å²) < 4.78 is 34.5. The van der Waals surface area contributed by atoms with E-state index in [2.05, 4.69) is 15.6 Å². The Kier molecular flexibility index (Phi) is 14.9. The van der Waals surface area contributed by atoms with Gasteiger partial charge in [0.05, 0.1) is 37.9 Å². The Morgan fingerprint density at radius 1 is 1.24 bits per heavy atom. The molecule has 2 saturated heterocycles. The quantitative estimate of drug-likeness (QED) is 0.0378. The molecule has 3 heterocycles. The molecule has 3 rings (SSSR count). The second-order valence-corrected chi connectivity index (χ2v) is 13.0. The van der Waals surface area contributed by atoms with Gasteiger partial charge in [0.15, 0.2) is 12.5 Å². The Balaban J connectivity index is 1.69. The normalized spacial score (nSPS) is 31.3. The van der Waals surface area contributed by atoms with Crippen LogP contribution in [0.2, 0.25) is 0 Å². The molecule has 2 aliphatic rings. The zero-order valence-corrected chi connectivity index (χ0v) is 27.4. The van der Waals surface area contributed by atoms with E-state index in [4.69, 9.17) is 35.7 Å². The van der Waals surface area contributed by atoms with Gasteiger partial charge in [0, 0.05) is 12.6 Å². The number of unbranched alkanes of at least 4 members (excludes halogenated alkanes) is 1. The van der Waals surface area contributed by atoms with Crippen LogP contribution in [0.25, 0.3) is 0 Å². The monoisotopic (exact) mass is 741 g/mol. The predicted molar refractivity (Wildman–Crippen MR) is 165 cm³/mol. The fourth-order valence-corrected chi connectivity index (χ4v) is 6.15. The van der Waals surface area contributed by atoms with E-state index in [1.54, 1.807) is 0 Å². The zero-order chi connectivity index (χ0) is 37.4. The molecule has 284 valence electrons. The number of amides is 2. The molecule has 1 aromatic rings. The molecule has 50 heavy (non-hydrogen) atoms. The number of phosphoric ester groups is 1. The topological polar surface area (TPSA) is 384 Å². The number of nitrogens with zero attached hydrogens (tertiary/aromatic N) is 2. The van der Waals surface area contributed by atoms with Gasteiger partial charge in [-0.1, -0.05) is 6.42 Å². The molecule has 0 aliphatic carbocycles. The molecule has 23 nitrogen and oxygen atoms in total. The van der Waals surface area contributed by atoms with Crippen LogP contribution in [0.1, 0.15) is 31.9 Å². The smallest absolute Gasteiger partial charge is 0.394 e. The first kappa shape index (κ1) is 41.4. The number of hydrogen-bond donors (Lipinski definition) is 12. The highest BCUT2D eigenvalue weighted by Gasteiger charge is 2.55. The molecule has 0 bridgehead atoms. The third-order valence-electron chi connectivity index (χ3n) is 7.89. The van der Waals surface area contributed by atoms with Gasteiger partial charge >= 0.3 is 13.5 Å². The van der Waals surface area contributed by atoms with Crippen molar-refractivity contribution in [1.29, 1.82) is 0 Å². The molecule has 2 fully saturated rings. The van der Waals surface area contributed by atoms with Gasteiger partial charge in [-0.25, -0.2) is 13.9 Å². The third-order valence-corrected chi connectivity index (χ3v) is 8.90. The van der Waals surface area contributed by atoms with E-state index in [1.165, 1.54) is 6.07 Å². The van der Waals surface area contributed by atoms with Gasteiger partial charge in [-0.2, -0.15) is 4.98 Å². The molecule has 1 aromatic heterocycles. The van der Waals surface area contributed by atoms with Gasteiger partial charge in [0.25, 0.3) is 0 Å². The maximum atomic E-state index is 13.0. The Morgan fingerprint density at radius 3 is 2.56 bits per heavy atom. The summed E-state index contributed by atoms with van der Waals surface area (Å²) in [6.45, 7) is -2.31. The van der Waals surface area contributed by atoms with Crippen molar-refractivity contribution in [2.75, 3.05) is 32.0 Å². The number of aldehydes is 1. The lowest BCUT2D eigenvalue weighted by molar-refractivity contribution is -0.274. The van der Waals surface area contributed by atoms with E-state index in [-0.39, 0.29) is 12.1 Å². The molecule has 0 spiro atoms. The second-order valence-electron chi connectivity index (χ2n) is 11.7. The number of carbonyl (C=O) groups is 3. The number of rotatable bonds is 18. The number of aliphatic hydroxyl groups excluding tert-OH is 6. The van der Waals surface area contributed by atoms with Crippen LogP contribution >= 0.6 is 7.82 Å². The Morgan fingerprint density at radius 2 is 1.94 bits per heavy atom. The maximum absolute atomic E-state index is 13.0. The molecule has 0 saturated carbocycles. The lowest BCUT2D eigenvalue weighted by atomic mass is 9.89. The fraction of sp³-hybridized carbons (Fsp3) is 0.731. The SMILES string of the molecule is NCCCCC(N)C(=O)NCC(=O)N[C@H]1C([C@H](O)[C@H](O)CO)O[C@@](C=O)(OP(=O)(O)OCC2OC(n3ccc(N)nc3=O)[C@H](O)[C@@H]2O)C[C@H]1O. The van der Waals surface area contributed by atoms with E-state index >= 15 is 0 Å². The van der Waals surface area contributed by atoms with Crippen LogP contribution in [0.4, 0.5) is 5.82 Å². The highest BCUT2D eigenvalue weighted by molar-refractivity contribution is 7.47. The summed E-state index contributed by atoms with van der Waals surface area (Å²) in [5, 5.41) is 66.5. The summed E-state index contributed by atoms with van der Waals surface area (Å²) in [5.41, 5.74) is 15.7. The average molecular weight is 742 g/mol. The Bertz CT molecular complexity index is 1420. The van der Waals surface area contributed by atoms with E-state index < -0.39 is 118 Å². The van der Waals surface area contributed by atoms with Crippen molar-refractivity contribution in [3.8, 4) is 0 Å². The molecule has 0 aromatic carbocycles. The van der Waals surface area contributed by atoms with Gasteiger partial charge in [-0.3, -0.25) is 23.5 Å². The van der Waals surface area contributed by atoms with Gasteiger partial charge < -0.3 is 72.8 Å². The summed E-state index contributed by atoms with van der Waals surface area (Å²) in [5.74, 6) is -4.63. The molecule has 24 heteroatoms. The van der Waals surface area contributed by atoms with Crippen LogP contribution in [-0.4, -0.2) is 150 Å². The third kappa shape index (κ3) is 10.5. The molecule has 2 aliphatic heterocycles. The lowest BCUT2D eigenvalue weighted by Gasteiger charge is -2.46. The number of hydrogen-bond acceptors (Lipinski definition) is 19. The number of phosphoric acid groups is 1. The van der Waals surface area contributed by atoms with Crippen LogP contribution in [0, 0.1) is 0 Å². The van der Waals surface area contributed by atoms with Crippen LogP contribution in [0.3, 0.4) is 0 Å². The van der Waals surface area contributed by atoms with Gasteiger partial charge in [-0.05, 0) is 25.5 Å². The first-order valence-electron chi connectivity index (χ1n) is 15.3. The first-order chi connectivity index (χ1) is 23.5. The number of nitrogens with one attached hydrogen (secondary N) is 2. The van der Waals surface area contributed by atoms with Crippen LogP contribution < -0.4 is 33.5 Å². The lowest BCUT2D eigenvalue weighted by Crippen LogP contribution is -2.67. The van der Waals surface area contributed by atoms with Gasteiger partial charge in [0.1, 0.15) is 42.4 Å². The first-order valence-corrected chi connectivity index (χ1v) is 16.8. The van der Waals surface area contributed by atoms with E-state index in [0.717, 1.165) is 10.8 Å². The molecule has 15 N–H and O–H groups in total. The number of aromatic nitrogens is 2. The summed E-state index contributed by atoms with van der Waals surface area (Å²) in [6, 6.07) is -1.40. The molecular formula is C26H44N7O16P. The maximum Gasteiger partial charge on any atom is 0.475 e. The van der Waals surface area contributed by atoms with Crippen molar-refractivity contribution >= 4 is 31.7 Å². The van der Waals surface area contributed by atoms with Crippen molar-refractivity contribution in [3.05, 3.63) is 22.7 Å². The van der Waals surface area contributed by atoms with Crippen molar-refractivity contribution in [1.82, 2.24) is 20.2 Å². The highest BCUT2D eigenvalue weighted by atomic mass is 31.2. The second kappa shape index (κ2) is 18.0. The van der Waals surface area contributed by atoms with Gasteiger partial charge in [-0.15, -0.1) is 0 Å². The number of anilines is 1. The summed E-state index contributed by atoms with van der Waals surface area (Å²) in [6.07, 6.45) is -13.2. The number of ether oxygens (including phenoxy) is 2. The van der Waals surface area contributed by atoms with Crippen LogP contribution in [-0.2, 0) is 37.5 Å². The molecule has 5 unspecified atom stereocenters. The molecule has 12 atom stereocenters. The van der Waals surface area contributed by atoms with E-state index in [1.807, 2.05) is 0 Å². The Labute approximate surface area is 283 Å². The predicted octanol–water partition coefficient (Wildman–Crippen LogP) is -6.61. The van der Waals surface area contributed by atoms with Crippen LogP contribution in [0.5, 0.6) is 0 Å². The highest BCUT2D eigenvalue weighted by Crippen LogP contribution is 2.50. The van der Waals surface area contributed by atoms with E-state index in [0.29, 0.717) is 25.8 Å². The van der Waals surface area contributed by atoms with Crippen molar-refractivity contribution in [2.45, 2.75) is 92.5 Å². The minimum atomic E-state index is -5.44. The summed E-state index contributed by atoms with van der Waals surface area (Å²) in [7, 11) is -5.44. The molecule has 2 amide bonds. The molecular weight excluding hydrogens is 697 g/mol. The zero-order valence-electron chi connectivity index (χ0n) is 26.5. The van der Waals surface area contributed by atoms with Crippen molar-refractivity contribution in [2.24, 2.45) is 11.5 Å². The van der Waals surface area contributed by atoms with Crippen molar-refractivity contribution < 1.29 is 73.0 Å². The van der Waals surface area contributed by atoms with Gasteiger partial charge in [0.2, 0.25) is 17.6 Å². The average Bonchev–Trinajstić information content (AvgIpc) is 3.35. The Hall–Kier alpha value is -3.00. The van der Waals surface area contributed by atoms with E-state index in [9.17, 15) is 59.3 Å². The minimum absolute atomic E-state index is 0.134. The number of aliphatic hydroxyl groups is 6. The summed E-state index contributed by atoms with van der Waals surface area (Å²) >= 11 is 0. The fourth-order valence-electron chi connectivity index (χ4n) is 5.21. The largest absolute Gasteiger partial charge is 0.475 e. The standard InChI is InChI=1S/C26H44N7O16P/c27-5-2-1-3-12(28)23(42)30-8-17(38)32-18-13(36)7-26(11-35,48-22(18)19(39)14(37)9-34)49-50(44,45)46-10-15-20(40)21(41)24(47-15)33-6-4-16(29)31-25(33)43/h4,6,11-15,18-22,24,34,36-37,39-41H,1-3,5,7-10,27-28H2,(H,30,42)(H,32,38)(H,44,45)(H2,29,31,43)/t12?,13-,14-,15?,18-,19-,20-,21-,22?,24?,26-/m1/s1. The summed E-state index contributed by atoms with van der Waals surface area (Å²) in [4.78, 5) is 63.3. The number of nitrogen functional groups attached to an aromatic ring is 1. The minimum Gasteiger partial charge on any atom is -0.394 e. The number of carbonyl (C=O) groups excluding carboxylic acids is 3.